The van der Waals surface area contributed by atoms with Crippen molar-refractivity contribution in [3.63, 3.8) is 0 Å². The van der Waals surface area contributed by atoms with Crippen LogP contribution in [0.2, 0.25) is 0 Å². The van der Waals surface area contributed by atoms with Gasteiger partial charge in [0.1, 0.15) is 0 Å². The Morgan fingerprint density at radius 2 is 1.69 bits per heavy atom. The molecule has 0 radical (unpaired) electrons. The molecule has 0 saturated carbocycles. The third-order valence-electron chi connectivity index (χ3n) is 3.33. The van der Waals surface area contributed by atoms with Crippen LogP contribution in [0.25, 0.3) is 0 Å². The topological polar surface area (TPSA) is 0 Å². The van der Waals surface area contributed by atoms with Crippen molar-refractivity contribution in [2.75, 3.05) is 0 Å². The van der Waals surface area contributed by atoms with Gasteiger partial charge in [0.05, 0.1) is 0 Å². The first-order valence-corrected chi connectivity index (χ1v) is 5.88. The highest BCUT2D eigenvalue weighted by atomic mass is 14.4. The zero-order valence-corrected chi connectivity index (χ0v) is 11.1. The van der Waals surface area contributed by atoms with Crippen molar-refractivity contribution in [1.29, 1.82) is 0 Å². The fraction of sp³-hybridized carbons (Fsp3) is 0.375. The van der Waals surface area contributed by atoms with Gasteiger partial charge in [0, 0.05) is 5.41 Å². The second-order valence-electron chi connectivity index (χ2n) is 4.56. The van der Waals surface area contributed by atoms with E-state index < -0.39 is 0 Å². The van der Waals surface area contributed by atoms with E-state index in [1.54, 1.807) is 0 Å². The summed E-state index contributed by atoms with van der Waals surface area (Å²) in [6.45, 7) is 14.8. The van der Waals surface area contributed by atoms with Crippen LogP contribution in [0, 0.1) is 5.41 Å². The van der Waals surface area contributed by atoms with E-state index in [9.17, 15) is 0 Å². The maximum Gasteiger partial charge on any atom is 0.0155 e. The summed E-state index contributed by atoms with van der Waals surface area (Å²) < 4.78 is 0. The third-order valence-corrected chi connectivity index (χ3v) is 3.33. The second-order valence-corrected chi connectivity index (χ2v) is 4.56. The Labute approximate surface area is 99.8 Å². The number of allylic oxidation sites excluding steroid dienone is 9. The molecule has 1 aliphatic rings. The highest BCUT2D eigenvalue weighted by molar-refractivity contribution is 5.67. The summed E-state index contributed by atoms with van der Waals surface area (Å²) in [5.74, 6) is 0. The molecule has 0 spiro atoms. The molecular weight excluding hydrogens is 192 g/mol. The largest absolute Gasteiger partial charge is 0.0987 e. The van der Waals surface area contributed by atoms with Crippen LogP contribution in [0.1, 0.15) is 34.6 Å². The number of hydrogen-bond acceptors (Lipinski definition) is 0. The molecule has 0 heterocycles. The van der Waals surface area contributed by atoms with Crippen LogP contribution in [0.3, 0.4) is 0 Å². The van der Waals surface area contributed by atoms with Crippen molar-refractivity contribution in [2.24, 2.45) is 5.41 Å². The van der Waals surface area contributed by atoms with Crippen LogP contribution in [-0.4, -0.2) is 0 Å². The molecule has 0 unspecified atom stereocenters. The van der Waals surface area contributed by atoms with Gasteiger partial charge < -0.3 is 0 Å². The van der Waals surface area contributed by atoms with Crippen LogP contribution in [0.15, 0.2) is 59.3 Å². The normalized spacial score (nSPS) is 25.1. The lowest BCUT2D eigenvalue weighted by molar-refractivity contribution is 0.578. The zero-order chi connectivity index (χ0) is 12.3. The van der Waals surface area contributed by atoms with Crippen molar-refractivity contribution in [1.82, 2.24) is 0 Å². The van der Waals surface area contributed by atoms with E-state index in [-0.39, 0.29) is 5.41 Å². The molecule has 0 atom stereocenters. The average molecular weight is 214 g/mol. The Bertz CT molecular complexity index is 409. The van der Waals surface area contributed by atoms with Gasteiger partial charge in [-0.3, -0.25) is 0 Å². The lowest BCUT2D eigenvalue weighted by Gasteiger charge is -2.23. The van der Waals surface area contributed by atoms with Gasteiger partial charge in [-0.25, -0.2) is 0 Å². The minimum absolute atomic E-state index is 0.0766. The van der Waals surface area contributed by atoms with E-state index in [1.807, 2.05) is 6.08 Å². The number of hydrogen-bond donors (Lipinski definition) is 0. The molecule has 1 rings (SSSR count). The van der Waals surface area contributed by atoms with Crippen molar-refractivity contribution >= 4 is 0 Å². The third kappa shape index (κ3) is 1.73. The molecule has 1 aliphatic carbocycles. The van der Waals surface area contributed by atoms with E-state index >= 15 is 0 Å². The van der Waals surface area contributed by atoms with Crippen molar-refractivity contribution in [3.8, 4) is 0 Å². The van der Waals surface area contributed by atoms with E-state index in [0.29, 0.717) is 0 Å². The van der Waals surface area contributed by atoms with Crippen molar-refractivity contribution in [3.05, 3.63) is 59.3 Å². The first-order chi connectivity index (χ1) is 7.54. The molecule has 0 saturated heterocycles. The van der Waals surface area contributed by atoms with Crippen LogP contribution < -0.4 is 0 Å². The molecule has 0 heteroatoms. The summed E-state index contributed by atoms with van der Waals surface area (Å²) >= 11 is 0. The molecular formula is C16H22. The van der Waals surface area contributed by atoms with Gasteiger partial charge in [-0.1, -0.05) is 50.8 Å². The first-order valence-electron chi connectivity index (χ1n) is 5.88. The Kier molecular flexibility index (Phi) is 3.74. The van der Waals surface area contributed by atoms with E-state index in [0.717, 1.165) is 0 Å². The molecule has 0 bridgehead atoms. The highest BCUT2D eigenvalue weighted by Gasteiger charge is 2.36. The SMILES string of the molecule is C=CC1=C(/C=C\C)C(=C/C)/C(=C\C)C1(C)C. The summed E-state index contributed by atoms with van der Waals surface area (Å²) in [7, 11) is 0. The lowest BCUT2D eigenvalue weighted by Crippen LogP contribution is -2.12. The van der Waals surface area contributed by atoms with E-state index in [4.69, 9.17) is 0 Å². The highest BCUT2D eigenvalue weighted by Crippen LogP contribution is 2.50. The summed E-state index contributed by atoms with van der Waals surface area (Å²) in [5, 5.41) is 0. The zero-order valence-electron chi connectivity index (χ0n) is 11.1. The average Bonchev–Trinajstić information content (AvgIpc) is 2.45. The van der Waals surface area contributed by atoms with Gasteiger partial charge in [-0.2, -0.15) is 0 Å². The fourth-order valence-electron chi connectivity index (χ4n) is 2.65. The van der Waals surface area contributed by atoms with Gasteiger partial charge in [0.2, 0.25) is 0 Å². The van der Waals surface area contributed by atoms with Crippen molar-refractivity contribution in [2.45, 2.75) is 34.6 Å². The van der Waals surface area contributed by atoms with Crippen molar-refractivity contribution < 1.29 is 0 Å². The fourth-order valence-corrected chi connectivity index (χ4v) is 2.65. The van der Waals surface area contributed by atoms with Crippen LogP contribution in [0.5, 0.6) is 0 Å². The Balaban J connectivity index is 3.55. The summed E-state index contributed by atoms with van der Waals surface area (Å²) in [5.41, 5.74) is 5.47. The Hall–Kier alpha value is -1.30. The minimum atomic E-state index is 0.0766. The van der Waals surface area contributed by atoms with Gasteiger partial charge in [0.15, 0.2) is 0 Å². The molecule has 0 aromatic carbocycles. The first kappa shape index (κ1) is 12.8. The van der Waals surface area contributed by atoms with Gasteiger partial charge >= 0.3 is 0 Å². The maximum atomic E-state index is 3.96. The molecule has 0 N–H and O–H groups in total. The van der Waals surface area contributed by atoms with E-state index in [2.05, 4.69) is 65.5 Å². The molecule has 0 fully saturated rings. The molecule has 16 heavy (non-hydrogen) atoms. The molecule has 86 valence electrons. The number of rotatable bonds is 2. The smallest absolute Gasteiger partial charge is 0.0155 e. The maximum absolute atomic E-state index is 3.96. The van der Waals surface area contributed by atoms with Crippen LogP contribution >= 0.6 is 0 Å². The van der Waals surface area contributed by atoms with E-state index in [1.165, 1.54) is 22.3 Å². The standard InChI is InChI=1S/C16H22/c1-7-11-13-12(8-2)14(9-3)16(5,6)15(13)10-4/h7-11H,4H2,1-3,5-6H3/b11-7-,12-8-,14-9+. The molecule has 0 aromatic rings. The Morgan fingerprint density at radius 3 is 2.06 bits per heavy atom. The molecule has 0 aromatic heterocycles. The predicted molar refractivity (Wildman–Crippen MR) is 73.3 cm³/mol. The quantitative estimate of drug-likeness (QED) is 0.608. The molecule has 0 aliphatic heterocycles. The molecule has 0 nitrogen and oxygen atoms in total. The second kappa shape index (κ2) is 4.69. The summed E-state index contributed by atoms with van der Waals surface area (Å²) in [4.78, 5) is 0. The summed E-state index contributed by atoms with van der Waals surface area (Å²) in [6.07, 6.45) is 10.7. The predicted octanol–water partition coefficient (Wildman–Crippen LogP) is 4.98. The van der Waals surface area contributed by atoms with Crippen LogP contribution in [0.4, 0.5) is 0 Å². The molecule has 0 amide bonds. The van der Waals surface area contributed by atoms with Crippen LogP contribution in [-0.2, 0) is 0 Å². The van der Waals surface area contributed by atoms with Gasteiger partial charge in [-0.05, 0) is 43.1 Å². The Morgan fingerprint density at radius 1 is 1.06 bits per heavy atom. The van der Waals surface area contributed by atoms with Gasteiger partial charge in [0.25, 0.3) is 0 Å². The summed E-state index contributed by atoms with van der Waals surface area (Å²) in [6, 6.07) is 0. The lowest BCUT2D eigenvalue weighted by atomic mass is 9.80. The van der Waals surface area contributed by atoms with Gasteiger partial charge in [-0.15, -0.1) is 0 Å². The monoisotopic (exact) mass is 214 g/mol. The minimum Gasteiger partial charge on any atom is -0.0987 e.